The van der Waals surface area contributed by atoms with Gasteiger partial charge in [0.15, 0.2) is 0 Å². The molecule has 2 aliphatic rings. The summed E-state index contributed by atoms with van der Waals surface area (Å²) < 4.78 is 0. The molecule has 2 rings (SSSR count). The van der Waals surface area contributed by atoms with Crippen LogP contribution in [0.1, 0.15) is 46.0 Å². The highest BCUT2D eigenvalue weighted by Gasteiger charge is 2.40. The van der Waals surface area contributed by atoms with Gasteiger partial charge < -0.3 is 10.6 Å². The fraction of sp³-hybridized carbons (Fsp3) is 1.00. The molecule has 1 aliphatic heterocycles. The smallest absolute Gasteiger partial charge is 0.0252 e. The van der Waals surface area contributed by atoms with Gasteiger partial charge in [-0.2, -0.15) is 0 Å². The Kier molecular flexibility index (Phi) is 4.35. The maximum absolute atomic E-state index is 6.54. The predicted octanol–water partition coefficient (Wildman–Crippen LogP) is 1.92. The van der Waals surface area contributed by atoms with Crippen LogP contribution in [0.2, 0.25) is 0 Å². The monoisotopic (exact) mass is 253 g/mol. The molecule has 0 radical (unpaired) electrons. The van der Waals surface area contributed by atoms with E-state index >= 15 is 0 Å². The van der Waals surface area contributed by atoms with Crippen LogP contribution in [0.4, 0.5) is 0 Å². The molecule has 18 heavy (non-hydrogen) atoms. The van der Waals surface area contributed by atoms with Crippen molar-refractivity contribution < 1.29 is 0 Å². The molecular formula is C15H31N3. The minimum Gasteiger partial charge on any atom is -0.326 e. The molecule has 0 aromatic rings. The number of hydrogen-bond donors (Lipinski definition) is 1. The lowest BCUT2D eigenvalue weighted by atomic mass is 9.70. The Morgan fingerprint density at radius 2 is 1.94 bits per heavy atom. The Balaban J connectivity index is 2.01. The van der Waals surface area contributed by atoms with Gasteiger partial charge in [-0.3, -0.25) is 4.90 Å². The number of likely N-dealkylation sites (tertiary alicyclic amines) is 1. The van der Waals surface area contributed by atoms with Crippen LogP contribution in [0, 0.1) is 5.41 Å². The summed E-state index contributed by atoms with van der Waals surface area (Å²) in [6, 6.07) is 1.60. The average molecular weight is 253 g/mol. The predicted molar refractivity (Wildman–Crippen MR) is 77.7 cm³/mol. The van der Waals surface area contributed by atoms with E-state index in [2.05, 4.69) is 37.7 Å². The molecule has 1 aliphatic carbocycles. The highest BCUT2D eigenvalue weighted by Crippen LogP contribution is 2.37. The molecule has 106 valence electrons. The highest BCUT2D eigenvalue weighted by molar-refractivity contribution is 4.97. The second kappa shape index (κ2) is 5.48. The second-order valence-corrected chi connectivity index (χ2v) is 7.20. The van der Waals surface area contributed by atoms with Crippen LogP contribution in [0.15, 0.2) is 0 Å². The molecule has 1 saturated heterocycles. The van der Waals surface area contributed by atoms with Gasteiger partial charge in [-0.1, -0.05) is 20.3 Å². The largest absolute Gasteiger partial charge is 0.326 e. The first-order valence-corrected chi connectivity index (χ1v) is 7.58. The van der Waals surface area contributed by atoms with Crippen LogP contribution >= 0.6 is 0 Å². The van der Waals surface area contributed by atoms with Gasteiger partial charge >= 0.3 is 0 Å². The Labute approximate surface area is 113 Å². The first-order chi connectivity index (χ1) is 8.42. The van der Waals surface area contributed by atoms with E-state index in [-0.39, 0.29) is 0 Å². The number of likely N-dealkylation sites (N-methyl/N-ethyl adjacent to an activating group) is 2. The SMILES string of the molecule is CN1CCCC(N(C)C2CCCC(C)(C)C2N)C1. The molecular weight excluding hydrogens is 222 g/mol. The average Bonchev–Trinajstić information content (AvgIpc) is 2.32. The summed E-state index contributed by atoms with van der Waals surface area (Å²) in [5, 5.41) is 0. The van der Waals surface area contributed by atoms with Gasteiger partial charge in [0, 0.05) is 24.7 Å². The van der Waals surface area contributed by atoms with Crippen molar-refractivity contribution in [2.24, 2.45) is 11.1 Å². The van der Waals surface area contributed by atoms with E-state index in [0.717, 1.165) is 0 Å². The van der Waals surface area contributed by atoms with E-state index in [9.17, 15) is 0 Å². The van der Waals surface area contributed by atoms with Crippen LogP contribution in [-0.2, 0) is 0 Å². The van der Waals surface area contributed by atoms with E-state index < -0.39 is 0 Å². The van der Waals surface area contributed by atoms with Crippen LogP contribution in [0.5, 0.6) is 0 Å². The summed E-state index contributed by atoms with van der Waals surface area (Å²) in [6.07, 6.45) is 6.56. The highest BCUT2D eigenvalue weighted by atomic mass is 15.2. The Morgan fingerprint density at radius 3 is 2.61 bits per heavy atom. The normalized spacial score (nSPS) is 38.0. The van der Waals surface area contributed by atoms with Gasteiger partial charge in [-0.25, -0.2) is 0 Å². The lowest BCUT2D eigenvalue weighted by Gasteiger charge is -2.49. The molecule has 3 atom stereocenters. The van der Waals surface area contributed by atoms with Crippen molar-refractivity contribution in [3.05, 3.63) is 0 Å². The zero-order valence-corrected chi connectivity index (χ0v) is 12.7. The molecule has 0 aromatic heterocycles. The molecule has 0 spiro atoms. The minimum absolute atomic E-state index is 0.303. The van der Waals surface area contributed by atoms with E-state index in [1.54, 1.807) is 0 Å². The minimum atomic E-state index is 0.303. The number of hydrogen-bond acceptors (Lipinski definition) is 3. The van der Waals surface area contributed by atoms with Crippen molar-refractivity contribution >= 4 is 0 Å². The molecule has 1 heterocycles. The standard InChI is InChI=1S/C15H31N3/c1-15(2)9-5-8-13(14(15)16)18(4)12-7-6-10-17(3)11-12/h12-14H,5-11,16H2,1-4H3. The third-order valence-corrected chi connectivity index (χ3v) is 5.34. The van der Waals surface area contributed by atoms with Crippen molar-refractivity contribution in [3.8, 4) is 0 Å². The van der Waals surface area contributed by atoms with Crippen LogP contribution in [0.25, 0.3) is 0 Å². The van der Waals surface area contributed by atoms with Crippen LogP contribution < -0.4 is 5.73 Å². The van der Waals surface area contributed by atoms with Gasteiger partial charge in [-0.15, -0.1) is 0 Å². The molecule has 3 heteroatoms. The van der Waals surface area contributed by atoms with Gasteiger partial charge in [-0.05, 0) is 51.7 Å². The summed E-state index contributed by atoms with van der Waals surface area (Å²) in [5.41, 5.74) is 6.85. The Morgan fingerprint density at radius 1 is 1.22 bits per heavy atom. The van der Waals surface area contributed by atoms with Crippen molar-refractivity contribution in [1.29, 1.82) is 0 Å². The van der Waals surface area contributed by atoms with Crippen molar-refractivity contribution in [2.75, 3.05) is 27.2 Å². The maximum Gasteiger partial charge on any atom is 0.0252 e. The molecule has 0 amide bonds. The first-order valence-electron chi connectivity index (χ1n) is 7.58. The molecule has 0 bridgehead atoms. The topological polar surface area (TPSA) is 32.5 Å². The van der Waals surface area contributed by atoms with Crippen molar-refractivity contribution in [2.45, 2.75) is 64.1 Å². The van der Waals surface area contributed by atoms with E-state index in [1.807, 2.05) is 0 Å². The molecule has 3 nitrogen and oxygen atoms in total. The van der Waals surface area contributed by atoms with Crippen molar-refractivity contribution in [3.63, 3.8) is 0 Å². The number of nitrogens with zero attached hydrogens (tertiary/aromatic N) is 2. The fourth-order valence-corrected chi connectivity index (χ4v) is 3.83. The fourth-order valence-electron chi connectivity index (χ4n) is 3.83. The van der Waals surface area contributed by atoms with Crippen LogP contribution in [-0.4, -0.2) is 55.1 Å². The summed E-state index contributed by atoms with van der Waals surface area (Å²) >= 11 is 0. The van der Waals surface area contributed by atoms with Gasteiger partial charge in [0.05, 0.1) is 0 Å². The second-order valence-electron chi connectivity index (χ2n) is 7.20. The van der Waals surface area contributed by atoms with E-state index in [4.69, 9.17) is 5.73 Å². The van der Waals surface area contributed by atoms with Crippen molar-refractivity contribution in [1.82, 2.24) is 9.80 Å². The summed E-state index contributed by atoms with van der Waals surface area (Å²) in [5.74, 6) is 0. The Bertz CT molecular complexity index is 277. The van der Waals surface area contributed by atoms with Crippen LogP contribution in [0.3, 0.4) is 0 Å². The molecule has 1 saturated carbocycles. The lowest BCUT2D eigenvalue weighted by molar-refractivity contribution is 0.0333. The summed E-state index contributed by atoms with van der Waals surface area (Å²) in [4.78, 5) is 5.06. The van der Waals surface area contributed by atoms with Gasteiger partial charge in [0.1, 0.15) is 0 Å². The zero-order valence-electron chi connectivity index (χ0n) is 12.7. The summed E-state index contributed by atoms with van der Waals surface area (Å²) in [6.45, 7) is 7.14. The molecule has 2 fully saturated rings. The maximum atomic E-state index is 6.54. The quantitative estimate of drug-likeness (QED) is 0.816. The van der Waals surface area contributed by atoms with Gasteiger partial charge in [0.2, 0.25) is 0 Å². The van der Waals surface area contributed by atoms with E-state index in [0.29, 0.717) is 23.5 Å². The summed E-state index contributed by atoms with van der Waals surface area (Å²) in [7, 11) is 4.54. The number of rotatable bonds is 2. The third-order valence-electron chi connectivity index (χ3n) is 5.34. The lowest BCUT2D eigenvalue weighted by Crippen LogP contribution is -2.60. The Hall–Kier alpha value is -0.120. The van der Waals surface area contributed by atoms with Gasteiger partial charge in [0.25, 0.3) is 0 Å². The first kappa shape index (κ1) is 14.3. The molecule has 3 unspecified atom stereocenters. The molecule has 2 N–H and O–H groups in total. The van der Waals surface area contributed by atoms with E-state index in [1.165, 1.54) is 45.2 Å². The molecule has 0 aromatic carbocycles. The zero-order chi connectivity index (χ0) is 13.3. The number of nitrogens with two attached hydrogens (primary N) is 1. The third kappa shape index (κ3) is 2.89. The number of piperidine rings is 1.